The zero-order chi connectivity index (χ0) is 13.5. The molecule has 0 unspecified atom stereocenters. The summed E-state index contributed by atoms with van der Waals surface area (Å²) in [6.07, 6.45) is 7.93. The summed E-state index contributed by atoms with van der Waals surface area (Å²) in [6, 6.07) is 19.1. The van der Waals surface area contributed by atoms with E-state index in [0.29, 0.717) is 0 Å². The molecule has 0 aliphatic carbocycles. The lowest BCUT2D eigenvalue weighted by molar-refractivity contribution is 1.57. The van der Waals surface area contributed by atoms with Crippen LogP contribution in [0.25, 0.3) is 16.7 Å². The SMILES string of the molecule is C=C/C=C\C(=C/C)c1ccc(-c2ccccc2)cc1. The van der Waals surface area contributed by atoms with Gasteiger partial charge in [0, 0.05) is 0 Å². The second kappa shape index (κ2) is 6.55. The molecule has 0 aromatic heterocycles. The van der Waals surface area contributed by atoms with Gasteiger partial charge in [-0.3, -0.25) is 0 Å². The quantitative estimate of drug-likeness (QED) is 0.625. The second-order valence-corrected chi connectivity index (χ2v) is 4.28. The van der Waals surface area contributed by atoms with E-state index in [2.05, 4.69) is 67.3 Å². The predicted octanol–water partition coefficient (Wildman–Crippen LogP) is 5.50. The fourth-order valence-corrected chi connectivity index (χ4v) is 2.02. The number of hydrogen-bond donors (Lipinski definition) is 0. The van der Waals surface area contributed by atoms with Crippen LogP contribution in [0, 0.1) is 0 Å². The molecule has 0 spiro atoms. The van der Waals surface area contributed by atoms with Gasteiger partial charge in [-0.05, 0) is 29.2 Å². The third kappa shape index (κ3) is 3.32. The van der Waals surface area contributed by atoms with Crippen molar-refractivity contribution in [2.24, 2.45) is 0 Å². The first kappa shape index (κ1) is 13.1. The minimum absolute atomic E-state index is 1.21. The Balaban J connectivity index is 2.28. The van der Waals surface area contributed by atoms with E-state index < -0.39 is 0 Å². The topological polar surface area (TPSA) is 0 Å². The van der Waals surface area contributed by atoms with Gasteiger partial charge in [0.1, 0.15) is 0 Å². The average molecular weight is 246 g/mol. The molecule has 0 radical (unpaired) electrons. The summed E-state index contributed by atoms with van der Waals surface area (Å²) in [7, 11) is 0. The number of allylic oxidation sites excluding steroid dienone is 5. The molecule has 0 saturated carbocycles. The molecule has 94 valence electrons. The smallest absolute Gasteiger partial charge is 0.0184 e. The van der Waals surface area contributed by atoms with Crippen molar-refractivity contribution in [3.8, 4) is 11.1 Å². The molecule has 0 fully saturated rings. The van der Waals surface area contributed by atoms with Gasteiger partial charge in [0.05, 0.1) is 0 Å². The molecule has 2 aromatic rings. The van der Waals surface area contributed by atoms with Gasteiger partial charge in [0.25, 0.3) is 0 Å². The van der Waals surface area contributed by atoms with Crippen LogP contribution in [-0.4, -0.2) is 0 Å². The van der Waals surface area contributed by atoms with E-state index in [0.717, 1.165) is 0 Å². The van der Waals surface area contributed by atoms with Crippen molar-refractivity contribution in [3.63, 3.8) is 0 Å². The van der Waals surface area contributed by atoms with Gasteiger partial charge < -0.3 is 0 Å². The molecule has 0 bridgehead atoms. The summed E-state index contributed by atoms with van der Waals surface area (Å²) in [4.78, 5) is 0. The molecule has 0 aliphatic heterocycles. The lowest BCUT2D eigenvalue weighted by Crippen LogP contribution is -1.82. The molecule has 0 heteroatoms. The normalized spacial score (nSPS) is 11.7. The van der Waals surface area contributed by atoms with Gasteiger partial charge in [-0.1, -0.05) is 85.5 Å². The Labute approximate surface area is 115 Å². The number of benzene rings is 2. The average Bonchev–Trinajstić information content (AvgIpc) is 2.49. The van der Waals surface area contributed by atoms with Crippen molar-refractivity contribution in [3.05, 3.63) is 91.0 Å². The van der Waals surface area contributed by atoms with Crippen LogP contribution >= 0.6 is 0 Å². The zero-order valence-electron chi connectivity index (χ0n) is 11.2. The van der Waals surface area contributed by atoms with Crippen molar-refractivity contribution < 1.29 is 0 Å². The Kier molecular flexibility index (Phi) is 4.52. The summed E-state index contributed by atoms with van der Waals surface area (Å²) in [5.74, 6) is 0. The molecule has 0 amide bonds. The summed E-state index contributed by atoms with van der Waals surface area (Å²) >= 11 is 0. The molecule has 0 N–H and O–H groups in total. The molecular weight excluding hydrogens is 228 g/mol. The molecule has 0 heterocycles. The van der Waals surface area contributed by atoms with Gasteiger partial charge in [-0.25, -0.2) is 0 Å². The standard InChI is InChI=1S/C19H18/c1-3-5-9-16(4-2)18-12-14-19(15-13-18)17-10-7-6-8-11-17/h3-15H,1H2,2H3/b9-5-,16-4+. The second-order valence-electron chi connectivity index (χ2n) is 4.28. The maximum atomic E-state index is 3.70. The highest BCUT2D eigenvalue weighted by Gasteiger charge is 1.99. The van der Waals surface area contributed by atoms with Crippen LogP contribution in [0.4, 0.5) is 0 Å². The van der Waals surface area contributed by atoms with Crippen LogP contribution in [0.3, 0.4) is 0 Å². The van der Waals surface area contributed by atoms with Crippen molar-refractivity contribution >= 4 is 5.57 Å². The van der Waals surface area contributed by atoms with E-state index in [4.69, 9.17) is 0 Å². The first-order valence-corrected chi connectivity index (χ1v) is 6.46. The lowest BCUT2D eigenvalue weighted by Gasteiger charge is -2.05. The monoisotopic (exact) mass is 246 g/mol. The molecule has 0 saturated heterocycles. The molecular formula is C19H18. The van der Waals surface area contributed by atoms with Crippen molar-refractivity contribution in [1.29, 1.82) is 0 Å². The Morgan fingerprint density at radius 1 is 0.895 bits per heavy atom. The zero-order valence-corrected chi connectivity index (χ0v) is 11.2. The molecule has 2 rings (SSSR count). The summed E-state index contributed by atoms with van der Waals surface area (Å²) < 4.78 is 0. The minimum Gasteiger partial charge on any atom is -0.0991 e. The van der Waals surface area contributed by atoms with Crippen LogP contribution < -0.4 is 0 Å². The molecule has 2 aromatic carbocycles. The fourth-order valence-electron chi connectivity index (χ4n) is 2.02. The van der Waals surface area contributed by atoms with E-state index in [1.54, 1.807) is 6.08 Å². The van der Waals surface area contributed by atoms with Gasteiger partial charge in [0.2, 0.25) is 0 Å². The van der Waals surface area contributed by atoms with E-state index in [-0.39, 0.29) is 0 Å². The highest BCUT2D eigenvalue weighted by Crippen LogP contribution is 2.22. The van der Waals surface area contributed by atoms with Gasteiger partial charge >= 0.3 is 0 Å². The van der Waals surface area contributed by atoms with E-state index in [9.17, 15) is 0 Å². The van der Waals surface area contributed by atoms with E-state index in [1.807, 2.05) is 19.1 Å². The number of rotatable bonds is 4. The van der Waals surface area contributed by atoms with Crippen LogP contribution in [0.5, 0.6) is 0 Å². The maximum Gasteiger partial charge on any atom is -0.0184 e. The molecule has 19 heavy (non-hydrogen) atoms. The minimum atomic E-state index is 1.21. The molecule has 0 nitrogen and oxygen atoms in total. The highest BCUT2D eigenvalue weighted by atomic mass is 14.0. The van der Waals surface area contributed by atoms with E-state index in [1.165, 1.54) is 22.3 Å². The Hall–Kier alpha value is -2.34. The fraction of sp³-hybridized carbons (Fsp3) is 0.0526. The van der Waals surface area contributed by atoms with Gasteiger partial charge in [-0.2, -0.15) is 0 Å². The third-order valence-corrected chi connectivity index (χ3v) is 3.05. The summed E-state index contributed by atoms with van der Waals surface area (Å²) in [5, 5.41) is 0. The van der Waals surface area contributed by atoms with Gasteiger partial charge in [-0.15, -0.1) is 0 Å². The van der Waals surface area contributed by atoms with Crippen molar-refractivity contribution in [1.82, 2.24) is 0 Å². The lowest BCUT2D eigenvalue weighted by atomic mass is 10.00. The summed E-state index contributed by atoms with van der Waals surface area (Å²) in [6.45, 7) is 5.75. The molecule has 0 aliphatic rings. The first-order chi connectivity index (χ1) is 9.35. The van der Waals surface area contributed by atoms with E-state index >= 15 is 0 Å². The van der Waals surface area contributed by atoms with Crippen LogP contribution in [0.15, 0.2) is 85.5 Å². The van der Waals surface area contributed by atoms with Crippen molar-refractivity contribution in [2.75, 3.05) is 0 Å². The highest BCUT2D eigenvalue weighted by molar-refractivity contribution is 5.76. The summed E-state index contributed by atoms with van der Waals surface area (Å²) in [5.41, 5.74) is 4.92. The van der Waals surface area contributed by atoms with Crippen LogP contribution in [-0.2, 0) is 0 Å². The Morgan fingerprint density at radius 2 is 1.53 bits per heavy atom. The first-order valence-electron chi connectivity index (χ1n) is 6.46. The Morgan fingerprint density at radius 3 is 2.11 bits per heavy atom. The van der Waals surface area contributed by atoms with Crippen LogP contribution in [0.2, 0.25) is 0 Å². The third-order valence-electron chi connectivity index (χ3n) is 3.05. The number of hydrogen-bond acceptors (Lipinski definition) is 0. The van der Waals surface area contributed by atoms with Gasteiger partial charge in [0.15, 0.2) is 0 Å². The largest absolute Gasteiger partial charge is 0.0991 e. The van der Waals surface area contributed by atoms with Crippen LogP contribution in [0.1, 0.15) is 12.5 Å². The van der Waals surface area contributed by atoms with Crippen molar-refractivity contribution in [2.45, 2.75) is 6.92 Å². The maximum absolute atomic E-state index is 3.70. The predicted molar refractivity (Wildman–Crippen MR) is 84.9 cm³/mol. The molecule has 0 atom stereocenters. The Bertz CT molecular complexity index is 584.